The minimum atomic E-state index is -0.789. The van der Waals surface area contributed by atoms with Crippen LogP contribution >= 0.6 is 11.8 Å². The summed E-state index contributed by atoms with van der Waals surface area (Å²) in [6.07, 6.45) is 11.5. The molecule has 37 heavy (non-hydrogen) atoms. The third-order valence-corrected chi connectivity index (χ3v) is 10.2. The summed E-state index contributed by atoms with van der Waals surface area (Å²) in [7, 11) is 1.79. The fourth-order valence-electron chi connectivity index (χ4n) is 6.62. The van der Waals surface area contributed by atoms with E-state index in [-0.39, 0.29) is 24.3 Å². The second kappa shape index (κ2) is 10.3. The molecule has 1 aromatic rings. The third kappa shape index (κ3) is 4.42. The lowest BCUT2D eigenvalue weighted by molar-refractivity contribution is -0.144. The molecule has 2 saturated heterocycles. The molecule has 4 aliphatic rings. The first-order valence-corrected chi connectivity index (χ1v) is 14.2. The number of benzene rings is 1. The molecule has 1 aromatic carbocycles. The van der Waals surface area contributed by atoms with Crippen molar-refractivity contribution in [1.29, 1.82) is 0 Å². The van der Waals surface area contributed by atoms with E-state index in [0.29, 0.717) is 26.2 Å². The molecule has 1 N–H and O–H groups in total. The summed E-state index contributed by atoms with van der Waals surface area (Å²) >= 11 is 1.63. The van der Waals surface area contributed by atoms with Crippen molar-refractivity contribution in [1.82, 2.24) is 14.7 Å². The SMILES string of the molecule is CN1CC=C[C@]2(C)S[C@]34C=CCN(Cc5ccccc5)C(=O)C3N(CCCCCCO)C(=O)[C@@H]4[C@@H]2C1=O. The molecule has 0 bridgehead atoms. The number of carbonyl (C=O) groups is 3. The number of hydrogen-bond acceptors (Lipinski definition) is 5. The Balaban J connectivity index is 1.53. The number of amides is 3. The van der Waals surface area contributed by atoms with E-state index in [1.54, 1.807) is 28.6 Å². The Hall–Kier alpha value is -2.58. The number of rotatable bonds is 8. The fraction of sp³-hybridized carbons (Fsp3) is 0.552. The molecule has 1 unspecified atom stereocenters. The predicted octanol–water partition coefficient (Wildman–Crippen LogP) is 2.85. The molecule has 2 fully saturated rings. The van der Waals surface area contributed by atoms with E-state index in [1.807, 2.05) is 47.4 Å². The summed E-state index contributed by atoms with van der Waals surface area (Å²) in [5.74, 6) is -1.25. The number of likely N-dealkylation sites (tertiary alicyclic amines) is 1. The second-order valence-electron chi connectivity index (χ2n) is 10.9. The van der Waals surface area contributed by atoms with Crippen LogP contribution in [0.5, 0.6) is 0 Å². The van der Waals surface area contributed by atoms with Gasteiger partial charge in [0.15, 0.2) is 0 Å². The molecule has 0 aromatic heterocycles. The Bertz CT molecular complexity index is 1110. The number of fused-ring (bicyclic) bond motifs is 2. The first kappa shape index (κ1) is 26.0. The van der Waals surface area contributed by atoms with Gasteiger partial charge in [0.05, 0.1) is 16.6 Å². The number of likely N-dealkylation sites (N-methyl/N-ethyl adjacent to an activating group) is 1. The summed E-state index contributed by atoms with van der Waals surface area (Å²) in [6.45, 7) is 4.17. The minimum absolute atomic E-state index is 0.0231. The maximum Gasteiger partial charge on any atom is 0.247 e. The van der Waals surface area contributed by atoms with Crippen molar-refractivity contribution in [2.24, 2.45) is 11.8 Å². The number of aliphatic hydroxyl groups excluding tert-OH is 1. The van der Waals surface area contributed by atoms with Gasteiger partial charge in [0.25, 0.3) is 0 Å². The van der Waals surface area contributed by atoms with Crippen molar-refractivity contribution >= 4 is 29.5 Å². The van der Waals surface area contributed by atoms with Gasteiger partial charge in [-0.3, -0.25) is 14.4 Å². The van der Waals surface area contributed by atoms with Crippen molar-refractivity contribution in [3.63, 3.8) is 0 Å². The fourth-order valence-corrected chi connectivity index (χ4v) is 8.78. The molecule has 7 nitrogen and oxygen atoms in total. The molecular formula is C29H37N3O4S. The highest BCUT2D eigenvalue weighted by atomic mass is 32.2. The topological polar surface area (TPSA) is 81.2 Å². The van der Waals surface area contributed by atoms with E-state index < -0.39 is 27.4 Å². The summed E-state index contributed by atoms with van der Waals surface area (Å²) in [4.78, 5) is 47.5. The Morgan fingerprint density at radius 3 is 2.41 bits per heavy atom. The van der Waals surface area contributed by atoms with E-state index >= 15 is 0 Å². The van der Waals surface area contributed by atoms with Crippen LogP contribution in [0, 0.1) is 11.8 Å². The lowest BCUT2D eigenvalue weighted by Gasteiger charge is -2.37. The molecule has 0 radical (unpaired) electrons. The van der Waals surface area contributed by atoms with E-state index in [9.17, 15) is 14.4 Å². The number of hydrogen-bond donors (Lipinski definition) is 1. The second-order valence-corrected chi connectivity index (χ2v) is 12.7. The van der Waals surface area contributed by atoms with Crippen LogP contribution in [-0.4, -0.2) is 86.4 Å². The summed E-state index contributed by atoms with van der Waals surface area (Å²) < 4.78 is -1.35. The van der Waals surface area contributed by atoms with Gasteiger partial charge in [-0.1, -0.05) is 67.5 Å². The molecule has 5 rings (SSSR count). The van der Waals surface area contributed by atoms with Gasteiger partial charge in [-0.25, -0.2) is 0 Å². The Morgan fingerprint density at radius 1 is 0.919 bits per heavy atom. The highest BCUT2D eigenvalue weighted by Gasteiger charge is 2.73. The van der Waals surface area contributed by atoms with Gasteiger partial charge < -0.3 is 19.8 Å². The van der Waals surface area contributed by atoms with Crippen molar-refractivity contribution in [3.05, 3.63) is 60.2 Å². The van der Waals surface area contributed by atoms with E-state index in [2.05, 4.69) is 19.1 Å². The van der Waals surface area contributed by atoms with Crippen LogP contribution in [0.1, 0.15) is 38.2 Å². The average molecular weight is 524 g/mol. The molecule has 198 valence electrons. The van der Waals surface area contributed by atoms with Crippen LogP contribution in [0.15, 0.2) is 54.6 Å². The molecule has 5 atom stereocenters. The number of nitrogens with zero attached hydrogens (tertiary/aromatic N) is 3. The molecular weight excluding hydrogens is 486 g/mol. The van der Waals surface area contributed by atoms with Gasteiger partial charge in [0.1, 0.15) is 6.04 Å². The predicted molar refractivity (Wildman–Crippen MR) is 145 cm³/mol. The van der Waals surface area contributed by atoms with Crippen molar-refractivity contribution in [2.45, 2.75) is 54.7 Å². The average Bonchev–Trinajstić information content (AvgIpc) is 3.16. The van der Waals surface area contributed by atoms with Crippen molar-refractivity contribution in [3.8, 4) is 0 Å². The van der Waals surface area contributed by atoms with Crippen LogP contribution in [0.25, 0.3) is 0 Å². The summed E-state index contributed by atoms with van der Waals surface area (Å²) in [5.41, 5.74) is 1.05. The van der Waals surface area contributed by atoms with Gasteiger partial charge >= 0.3 is 0 Å². The van der Waals surface area contributed by atoms with Gasteiger partial charge in [-0.2, -0.15) is 0 Å². The molecule has 4 heterocycles. The van der Waals surface area contributed by atoms with Gasteiger partial charge in [0, 0.05) is 44.6 Å². The molecule has 0 saturated carbocycles. The first-order chi connectivity index (χ1) is 17.8. The number of unbranched alkanes of at least 4 members (excludes halogenated alkanes) is 3. The van der Waals surface area contributed by atoms with Gasteiger partial charge in [-0.15, -0.1) is 11.8 Å². The zero-order valence-corrected chi connectivity index (χ0v) is 22.5. The zero-order chi connectivity index (χ0) is 26.2. The largest absolute Gasteiger partial charge is 0.396 e. The monoisotopic (exact) mass is 523 g/mol. The molecule has 8 heteroatoms. The summed E-state index contributed by atoms with van der Waals surface area (Å²) in [5, 5.41) is 9.13. The maximum absolute atomic E-state index is 14.3. The van der Waals surface area contributed by atoms with Crippen LogP contribution in [-0.2, 0) is 20.9 Å². The van der Waals surface area contributed by atoms with E-state index in [1.165, 1.54) is 0 Å². The van der Waals surface area contributed by atoms with Crippen LogP contribution in [0.2, 0.25) is 0 Å². The standard InChI is InChI=1S/C29H37N3O4S/c1-28-14-10-16-30(2)25(34)22(28)23-26(35)32(18-8-3-4-9-19-33)24-27(36)31(17-11-15-29(23,24)37-28)20-21-12-6-5-7-13-21/h5-7,10-15,22-24,33H,3-4,8-9,16-20H2,1-2H3/t22-,23+,24?,28+,29+/m1/s1. The van der Waals surface area contributed by atoms with Crippen LogP contribution in [0.3, 0.4) is 0 Å². The number of carbonyl (C=O) groups excluding carboxylic acids is 3. The lowest BCUT2D eigenvalue weighted by atomic mass is 9.74. The Labute approximate surface area is 223 Å². The zero-order valence-electron chi connectivity index (χ0n) is 21.7. The lowest BCUT2D eigenvalue weighted by Crippen LogP contribution is -2.53. The molecule has 3 amide bonds. The highest BCUT2D eigenvalue weighted by molar-refractivity contribution is 8.02. The molecule has 4 aliphatic heterocycles. The van der Waals surface area contributed by atoms with E-state index in [0.717, 1.165) is 31.2 Å². The molecule has 0 aliphatic carbocycles. The van der Waals surface area contributed by atoms with Crippen LogP contribution in [0.4, 0.5) is 0 Å². The Morgan fingerprint density at radius 2 is 1.65 bits per heavy atom. The number of thioether (sulfide) groups is 1. The maximum atomic E-state index is 14.3. The third-order valence-electron chi connectivity index (χ3n) is 8.37. The highest BCUT2D eigenvalue weighted by Crippen LogP contribution is 2.65. The first-order valence-electron chi connectivity index (χ1n) is 13.4. The number of aliphatic hydroxyl groups is 1. The quantitative estimate of drug-likeness (QED) is 0.419. The van der Waals surface area contributed by atoms with Gasteiger partial charge in [-0.05, 0) is 25.3 Å². The Kier molecular flexibility index (Phi) is 7.24. The smallest absolute Gasteiger partial charge is 0.247 e. The van der Waals surface area contributed by atoms with Crippen molar-refractivity contribution in [2.75, 3.05) is 33.3 Å². The minimum Gasteiger partial charge on any atom is -0.396 e. The van der Waals surface area contributed by atoms with Crippen LogP contribution < -0.4 is 0 Å². The normalized spacial score (nSPS) is 32.9. The van der Waals surface area contributed by atoms with Gasteiger partial charge in [0.2, 0.25) is 17.7 Å². The summed E-state index contributed by atoms with van der Waals surface area (Å²) in [6, 6.07) is 9.29. The van der Waals surface area contributed by atoms with Crippen molar-refractivity contribution < 1.29 is 19.5 Å². The van der Waals surface area contributed by atoms with E-state index in [4.69, 9.17) is 5.11 Å². The molecule has 1 spiro atoms.